The molecule has 8 nitrogen and oxygen atoms in total. The number of esters is 2. The maximum absolute atomic E-state index is 11.9. The van der Waals surface area contributed by atoms with Gasteiger partial charge >= 0.3 is 11.9 Å². The molecule has 0 bridgehead atoms. The van der Waals surface area contributed by atoms with Crippen LogP contribution < -0.4 is 15.0 Å². The predicted molar refractivity (Wildman–Crippen MR) is 85.7 cm³/mol. The topological polar surface area (TPSA) is 94.2 Å². The molecule has 0 spiro atoms. The number of amides is 1. The number of rotatable bonds is 4. The first-order valence-corrected chi connectivity index (χ1v) is 7.10. The maximum atomic E-state index is 11.9. The molecule has 0 saturated carbocycles. The first kappa shape index (κ1) is 17.3. The minimum atomic E-state index is -0.722. The third kappa shape index (κ3) is 3.48. The Hall–Kier alpha value is -3.03. The summed E-state index contributed by atoms with van der Waals surface area (Å²) < 4.78 is 14.7. The van der Waals surface area contributed by atoms with Gasteiger partial charge in [0.25, 0.3) is 5.91 Å². The Morgan fingerprint density at radius 1 is 1.29 bits per heavy atom. The number of carbonyl (C=O) groups excluding carboxylic acids is 3. The van der Waals surface area contributed by atoms with E-state index in [1.165, 1.54) is 19.1 Å². The van der Waals surface area contributed by atoms with Gasteiger partial charge in [0.1, 0.15) is 11.4 Å². The third-order valence-electron chi connectivity index (χ3n) is 3.45. The van der Waals surface area contributed by atoms with Gasteiger partial charge < -0.3 is 24.4 Å². The van der Waals surface area contributed by atoms with Crippen LogP contribution in [0.1, 0.15) is 6.92 Å². The molecule has 0 aliphatic carbocycles. The minimum Gasteiger partial charge on any atom is -0.479 e. The van der Waals surface area contributed by atoms with Crippen molar-refractivity contribution in [2.24, 2.45) is 0 Å². The Kier molecular flexibility index (Phi) is 5.08. The van der Waals surface area contributed by atoms with Crippen LogP contribution in [0.3, 0.4) is 0 Å². The van der Waals surface area contributed by atoms with Crippen molar-refractivity contribution in [1.29, 1.82) is 0 Å². The zero-order chi connectivity index (χ0) is 17.9. The third-order valence-corrected chi connectivity index (χ3v) is 3.45. The molecule has 1 aliphatic rings. The van der Waals surface area contributed by atoms with Crippen LogP contribution in [-0.4, -0.2) is 45.2 Å². The van der Waals surface area contributed by atoms with Gasteiger partial charge in [0, 0.05) is 18.8 Å². The van der Waals surface area contributed by atoms with E-state index >= 15 is 0 Å². The number of carbonyl (C=O) groups is 3. The molecular formula is C16H18N2O6. The largest absolute Gasteiger partial charge is 0.479 e. The Bertz CT molecular complexity index is 713. The lowest BCUT2D eigenvalue weighted by atomic mass is 10.2. The first-order chi connectivity index (χ1) is 11.4. The molecule has 1 N–H and O–H groups in total. The molecule has 0 saturated heterocycles. The molecular weight excluding hydrogens is 316 g/mol. The van der Waals surface area contributed by atoms with Gasteiger partial charge in [-0.05, 0) is 19.1 Å². The molecule has 0 aromatic heterocycles. The Morgan fingerprint density at radius 3 is 2.62 bits per heavy atom. The van der Waals surface area contributed by atoms with Crippen molar-refractivity contribution >= 4 is 29.2 Å². The Labute approximate surface area is 139 Å². The highest BCUT2D eigenvalue weighted by molar-refractivity contribution is 6.01. The average Bonchev–Trinajstić information content (AvgIpc) is 2.58. The number of nitrogens with one attached hydrogen (secondary N) is 1. The highest BCUT2D eigenvalue weighted by Crippen LogP contribution is 2.35. The van der Waals surface area contributed by atoms with Crippen molar-refractivity contribution < 1.29 is 28.6 Å². The predicted octanol–water partition coefficient (Wildman–Crippen LogP) is 1.07. The Balaban J connectivity index is 2.31. The molecule has 24 heavy (non-hydrogen) atoms. The molecule has 0 radical (unpaired) electrons. The molecule has 1 atom stereocenters. The zero-order valence-corrected chi connectivity index (χ0v) is 13.8. The van der Waals surface area contributed by atoms with Gasteiger partial charge in [-0.15, -0.1) is 0 Å². The lowest BCUT2D eigenvalue weighted by Gasteiger charge is -2.30. The molecule has 8 heteroatoms. The number of anilines is 2. The highest BCUT2D eigenvalue weighted by Gasteiger charge is 2.29. The number of hydrogen-bond donors (Lipinski definition) is 1. The lowest BCUT2D eigenvalue weighted by molar-refractivity contribution is -0.138. The molecule has 1 heterocycles. The van der Waals surface area contributed by atoms with Gasteiger partial charge in [-0.25, -0.2) is 9.59 Å². The summed E-state index contributed by atoms with van der Waals surface area (Å²) in [5, 5.41) is 2.79. The first-order valence-electron chi connectivity index (χ1n) is 7.10. The van der Waals surface area contributed by atoms with Crippen LogP contribution in [-0.2, 0) is 23.9 Å². The second-order valence-corrected chi connectivity index (χ2v) is 5.04. The van der Waals surface area contributed by atoms with Crippen molar-refractivity contribution in [2.45, 2.75) is 13.0 Å². The summed E-state index contributed by atoms with van der Waals surface area (Å²) in [6, 6.07) is 4.95. The fourth-order valence-electron chi connectivity index (χ4n) is 2.18. The summed E-state index contributed by atoms with van der Waals surface area (Å²) in [6.45, 7) is 1.65. The van der Waals surface area contributed by atoms with Crippen molar-refractivity contribution in [2.75, 3.05) is 31.5 Å². The summed E-state index contributed by atoms with van der Waals surface area (Å²) in [5.41, 5.74) is 1.02. The average molecular weight is 334 g/mol. The molecule has 0 fully saturated rings. The fraction of sp³-hybridized carbons (Fsp3) is 0.312. The molecule has 1 aliphatic heterocycles. The van der Waals surface area contributed by atoms with E-state index in [2.05, 4.69) is 14.8 Å². The van der Waals surface area contributed by atoms with Gasteiger partial charge in [-0.3, -0.25) is 4.79 Å². The zero-order valence-electron chi connectivity index (χ0n) is 13.8. The van der Waals surface area contributed by atoms with Crippen LogP contribution in [0.15, 0.2) is 30.0 Å². The van der Waals surface area contributed by atoms with E-state index in [0.29, 0.717) is 17.1 Å². The van der Waals surface area contributed by atoms with Crippen molar-refractivity contribution in [3.63, 3.8) is 0 Å². The van der Waals surface area contributed by atoms with Crippen molar-refractivity contribution in [1.82, 2.24) is 0 Å². The molecule has 1 amide bonds. The van der Waals surface area contributed by atoms with Crippen LogP contribution >= 0.6 is 0 Å². The summed E-state index contributed by atoms with van der Waals surface area (Å²) >= 11 is 0. The van der Waals surface area contributed by atoms with Crippen LogP contribution in [0.4, 0.5) is 11.4 Å². The van der Waals surface area contributed by atoms with Gasteiger partial charge in [0.05, 0.1) is 26.0 Å². The van der Waals surface area contributed by atoms with Crippen LogP contribution in [0.25, 0.3) is 0 Å². The van der Waals surface area contributed by atoms with E-state index < -0.39 is 18.0 Å². The van der Waals surface area contributed by atoms with E-state index in [4.69, 9.17) is 4.74 Å². The Morgan fingerprint density at radius 2 is 2.00 bits per heavy atom. The van der Waals surface area contributed by atoms with E-state index in [1.54, 1.807) is 32.2 Å². The van der Waals surface area contributed by atoms with E-state index in [9.17, 15) is 14.4 Å². The van der Waals surface area contributed by atoms with E-state index in [0.717, 1.165) is 6.08 Å². The molecule has 1 unspecified atom stereocenters. The summed E-state index contributed by atoms with van der Waals surface area (Å²) in [5.74, 6) is -1.09. The molecule has 2 rings (SSSR count). The number of methoxy groups -OCH3 is 2. The van der Waals surface area contributed by atoms with Gasteiger partial charge in [0.2, 0.25) is 0 Å². The van der Waals surface area contributed by atoms with Gasteiger partial charge in [0.15, 0.2) is 6.10 Å². The normalized spacial score (nSPS) is 16.8. The second-order valence-electron chi connectivity index (χ2n) is 5.04. The summed E-state index contributed by atoms with van der Waals surface area (Å²) in [6.07, 6.45) is 0.383. The smallest absolute Gasteiger partial charge is 0.354 e. The number of benzene rings is 1. The lowest BCUT2D eigenvalue weighted by Crippen LogP contribution is -2.41. The standard InChI is InChI=1S/C16H18N2O6/c1-9-15(20)18(2)12-6-5-10(7-13(12)24-9)17-11(16(21)23-4)8-14(19)22-3/h5-9,17H,1-4H3/b11-8+. The summed E-state index contributed by atoms with van der Waals surface area (Å²) in [7, 11) is 4.06. The van der Waals surface area contributed by atoms with Crippen LogP contribution in [0.2, 0.25) is 0 Å². The van der Waals surface area contributed by atoms with Crippen molar-refractivity contribution in [3.8, 4) is 5.75 Å². The highest BCUT2D eigenvalue weighted by atomic mass is 16.5. The number of fused-ring (bicyclic) bond motifs is 1. The monoisotopic (exact) mass is 334 g/mol. The van der Waals surface area contributed by atoms with Crippen LogP contribution in [0, 0.1) is 0 Å². The fourth-order valence-corrected chi connectivity index (χ4v) is 2.18. The second kappa shape index (κ2) is 7.03. The quantitative estimate of drug-likeness (QED) is 0.650. The molecule has 128 valence electrons. The summed E-state index contributed by atoms with van der Waals surface area (Å²) in [4.78, 5) is 36.5. The number of likely N-dealkylation sites (N-methyl/N-ethyl adjacent to an activating group) is 1. The minimum absolute atomic E-state index is 0.0856. The molecule has 1 aromatic carbocycles. The van der Waals surface area contributed by atoms with E-state index in [-0.39, 0.29) is 11.6 Å². The van der Waals surface area contributed by atoms with Crippen molar-refractivity contribution in [3.05, 3.63) is 30.0 Å². The van der Waals surface area contributed by atoms with Gasteiger partial charge in [-0.2, -0.15) is 0 Å². The van der Waals surface area contributed by atoms with E-state index in [1.807, 2.05) is 0 Å². The maximum Gasteiger partial charge on any atom is 0.354 e. The molecule has 1 aromatic rings. The number of hydrogen-bond acceptors (Lipinski definition) is 7. The SMILES string of the molecule is COC(=O)/C=C(/Nc1ccc2c(c1)OC(C)C(=O)N2C)C(=O)OC. The van der Waals surface area contributed by atoms with Gasteiger partial charge in [-0.1, -0.05) is 0 Å². The van der Waals surface area contributed by atoms with Crippen LogP contribution in [0.5, 0.6) is 5.75 Å². The number of ether oxygens (including phenoxy) is 3. The number of nitrogens with zero attached hydrogens (tertiary/aromatic N) is 1.